The van der Waals surface area contributed by atoms with Crippen molar-refractivity contribution in [1.29, 1.82) is 0 Å². The van der Waals surface area contributed by atoms with Crippen molar-refractivity contribution < 1.29 is 9.90 Å². The number of amides is 2. The number of carbonyl (C=O) groups excluding carboxylic acids is 1. The van der Waals surface area contributed by atoms with Gasteiger partial charge in [-0.15, -0.1) is 0 Å². The first-order valence-corrected chi connectivity index (χ1v) is 5.16. The van der Waals surface area contributed by atoms with Gasteiger partial charge in [0.2, 0.25) is 0 Å². The summed E-state index contributed by atoms with van der Waals surface area (Å²) in [6.45, 7) is 3.44. The van der Waals surface area contributed by atoms with Crippen LogP contribution in [0.15, 0.2) is 0 Å². The highest BCUT2D eigenvalue weighted by atomic mass is 16.3. The van der Waals surface area contributed by atoms with E-state index in [4.69, 9.17) is 5.11 Å². The molecule has 0 aliphatic carbocycles. The van der Waals surface area contributed by atoms with Crippen LogP contribution in [0.5, 0.6) is 0 Å². The summed E-state index contributed by atoms with van der Waals surface area (Å²) in [4.78, 5) is 11.2. The third-order valence-corrected chi connectivity index (χ3v) is 2.33. The maximum absolute atomic E-state index is 11.2. The van der Waals surface area contributed by atoms with Crippen LogP contribution in [0.25, 0.3) is 0 Å². The molecule has 0 aromatic heterocycles. The van der Waals surface area contributed by atoms with Crippen LogP contribution in [-0.2, 0) is 0 Å². The Hall–Kier alpha value is -0.810. The molecule has 0 aromatic carbocycles. The van der Waals surface area contributed by atoms with Gasteiger partial charge in [0.15, 0.2) is 0 Å². The molecule has 4 N–H and O–H groups in total. The molecular weight excluding hydrogens is 182 g/mol. The van der Waals surface area contributed by atoms with Gasteiger partial charge in [-0.2, -0.15) is 0 Å². The fourth-order valence-corrected chi connectivity index (χ4v) is 1.47. The predicted octanol–water partition coefficient (Wildman–Crippen LogP) is -0.722. The molecule has 0 spiro atoms. The molecule has 0 bridgehead atoms. The van der Waals surface area contributed by atoms with Crippen molar-refractivity contribution in [3.63, 3.8) is 0 Å². The van der Waals surface area contributed by atoms with Gasteiger partial charge in [0.1, 0.15) is 0 Å². The predicted molar refractivity (Wildman–Crippen MR) is 54.1 cm³/mol. The average molecular weight is 201 g/mol. The first kappa shape index (κ1) is 11.3. The SMILES string of the molecule is O=C(NCCCO)NCC1CCNC1. The highest BCUT2D eigenvalue weighted by molar-refractivity contribution is 5.73. The zero-order valence-corrected chi connectivity index (χ0v) is 8.38. The molecule has 1 aliphatic heterocycles. The van der Waals surface area contributed by atoms with Gasteiger partial charge in [-0.25, -0.2) is 4.79 Å². The van der Waals surface area contributed by atoms with Gasteiger partial charge in [0, 0.05) is 19.7 Å². The lowest BCUT2D eigenvalue weighted by atomic mass is 10.1. The van der Waals surface area contributed by atoms with Gasteiger partial charge in [0.05, 0.1) is 0 Å². The topological polar surface area (TPSA) is 73.4 Å². The Morgan fingerprint density at radius 1 is 1.50 bits per heavy atom. The number of aliphatic hydroxyl groups is 1. The van der Waals surface area contributed by atoms with Crippen LogP contribution in [0.2, 0.25) is 0 Å². The molecule has 1 heterocycles. The summed E-state index contributed by atoms with van der Waals surface area (Å²) < 4.78 is 0. The maximum Gasteiger partial charge on any atom is 0.314 e. The molecule has 0 saturated carbocycles. The third-order valence-electron chi connectivity index (χ3n) is 2.33. The fraction of sp³-hybridized carbons (Fsp3) is 0.889. The van der Waals surface area contributed by atoms with Crippen molar-refractivity contribution in [2.45, 2.75) is 12.8 Å². The van der Waals surface area contributed by atoms with E-state index in [0.29, 0.717) is 18.9 Å². The van der Waals surface area contributed by atoms with Crippen LogP contribution < -0.4 is 16.0 Å². The van der Waals surface area contributed by atoms with Crippen LogP contribution in [0.4, 0.5) is 4.79 Å². The van der Waals surface area contributed by atoms with E-state index in [-0.39, 0.29) is 12.6 Å². The van der Waals surface area contributed by atoms with E-state index >= 15 is 0 Å². The second-order valence-electron chi connectivity index (χ2n) is 3.57. The molecule has 5 heteroatoms. The quantitative estimate of drug-likeness (QED) is 0.443. The highest BCUT2D eigenvalue weighted by Gasteiger charge is 2.14. The summed E-state index contributed by atoms with van der Waals surface area (Å²) in [5, 5.41) is 17.2. The molecule has 1 saturated heterocycles. The second kappa shape index (κ2) is 6.62. The summed E-state index contributed by atoms with van der Waals surface area (Å²) >= 11 is 0. The molecule has 0 radical (unpaired) electrons. The molecule has 1 fully saturated rings. The molecule has 1 rings (SSSR count). The zero-order valence-electron chi connectivity index (χ0n) is 8.38. The van der Waals surface area contributed by atoms with E-state index < -0.39 is 0 Å². The number of nitrogens with one attached hydrogen (secondary N) is 3. The van der Waals surface area contributed by atoms with Crippen molar-refractivity contribution >= 4 is 6.03 Å². The molecule has 14 heavy (non-hydrogen) atoms. The van der Waals surface area contributed by atoms with Gasteiger partial charge < -0.3 is 21.1 Å². The van der Waals surface area contributed by atoms with Crippen LogP contribution in [0.3, 0.4) is 0 Å². The fourth-order valence-electron chi connectivity index (χ4n) is 1.47. The summed E-state index contributed by atoms with van der Waals surface area (Å²) in [5.41, 5.74) is 0. The average Bonchev–Trinajstić information content (AvgIpc) is 2.68. The number of hydrogen-bond acceptors (Lipinski definition) is 3. The standard InChI is InChI=1S/C9H19N3O2/c13-5-1-3-11-9(14)12-7-8-2-4-10-6-8/h8,10,13H,1-7H2,(H2,11,12,14). The van der Waals surface area contributed by atoms with E-state index in [0.717, 1.165) is 26.1 Å². The van der Waals surface area contributed by atoms with Gasteiger partial charge >= 0.3 is 6.03 Å². The van der Waals surface area contributed by atoms with Gasteiger partial charge in [0.25, 0.3) is 0 Å². The summed E-state index contributed by atoms with van der Waals surface area (Å²) in [6, 6.07) is -0.134. The molecule has 1 unspecified atom stereocenters. The van der Waals surface area contributed by atoms with E-state index in [1.54, 1.807) is 0 Å². The number of carbonyl (C=O) groups is 1. The second-order valence-corrected chi connectivity index (χ2v) is 3.57. The van der Waals surface area contributed by atoms with Crippen molar-refractivity contribution in [3.8, 4) is 0 Å². The Bertz CT molecular complexity index is 169. The Labute approximate surface area is 84.3 Å². The van der Waals surface area contributed by atoms with Crippen molar-refractivity contribution in [2.75, 3.05) is 32.8 Å². The summed E-state index contributed by atoms with van der Waals surface area (Å²) in [6.07, 6.45) is 1.75. The molecule has 5 nitrogen and oxygen atoms in total. The lowest BCUT2D eigenvalue weighted by Gasteiger charge is -2.10. The molecule has 2 amide bonds. The number of hydrogen-bond donors (Lipinski definition) is 4. The maximum atomic E-state index is 11.2. The first-order valence-electron chi connectivity index (χ1n) is 5.16. The minimum absolute atomic E-state index is 0.118. The van der Waals surface area contributed by atoms with Crippen LogP contribution >= 0.6 is 0 Å². The van der Waals surface area contributed by atoms with E-state index in [2.05, 4.69) is 16.0 Å². The lowest BCUT2D eigenvalue weighted by molar-refractivity contribution is 0.236. The van der Waals surface area contributed by atoms with Gasteiger partial charge in [-0.3, -0.25) is 0 Å². The molecule has 82 valence electrons. The minimum Gasteiger partial charge on any atom is -0.396 e. The molecule has 1 atom stereocenters. The third kappa shape index (κ3) is 4.43. The number of rotatable bonds is 5. The van der Waals surface area contributed by atoms with Gasteiger partial charge in [-0.1, -0.05) is 0 Å². The Morgan fingerprint density at radius 2 is 2.36 bits per heavy atom. The van der Waals surface area contributed by atoms with Gasteiger partial charge in [-0.05, 0) is 31.8 Å². The molecule has 0 aromatic rings. The minimum atomic E-state index is -0.134. The van der Waals surface area contributed by atoms with Crippen LogP contribution in [-0.4, -0.2) is 43.9 Å². The smallest absolute Gasteiger partial charge is 0.314 e. The lowest BCUT2D eigenvalue weighted by Crippen LogP contribution is -2.39. The van der Waals surface area contributed by atoms with Crippen molar-refractivity contribution in [1.82, 2.24) is 16.0 Å². The normalized spacial score (nSPS) is 20.8. The number of urea groups is 1. The summed E-state index contributed by atoms with van der Waals surface area (Å²) in [5.74, 6) is 0.568. The van der Waals surface area contributed by atoms with E-state index in [9.17, 15) is 4.79 Å². The Balaban J connectivity index is 1.96. The Kier molecular flexibility index (Phi) is 5.32. The van der Waals surface area contributed by atoms with E-state index in [1.165, 1.54) is 0 Å². The highest BCUT2D eigenvalue weighted by Crippen LogP contribution is 2.04. The van der Waals surface area contributed by atoms with Crippen molar-refractivity contribution in [3.05, 3.63) is 0 Å². The Morgan fingerprint density at radius 3 is 3.00 bits per heavy atom. The molecule has 1 aliphatic rings. The molecular formula is C9H19N3O2. The van der Waals surface area contributed by atoms with E-state index in [1.807, 2.05) is 0 Å². The van der Waals surface area contributed by atoms with Crippen LogP contribution in [0.1, 0.15) is 12.8 Å². The van der Waals surface area contributed by atoms with Crippen LogP contribution in [0, 0.1) is 5.92 Å². The zero-order chi connectivity index (χ0) is 10.2. The van der Waals surface area contributed by atoms with Crippen molar-refractivity contribution in [2.24, 2.45) is 5.92 Å². The monoisotopic (exact) mass is 201 g/mol. The first-order chi connectivity index (χ1) is 6.83. The largest absolute Gasteiger partial charge is 0.396 e. The summed E-state index contributed by atoms with van der Waals surface area (Å²) in [7, 11) is 0. The number of aliphatic hydroxyl groups excluding tert-OH is 1.